The van der Waals surface area contributed by atoms with Crippen LogP contribution in [0.25, 0.3) is 0 Å². The Kier molecular flexibility index (Phi) is 2.50. The number of H-pyrrole nitrogens is 1. The van der Waals surface area contributed by atoms with Gasteiger partial charge in [-0.25, -0.2) is 8.78 Å². The molecule has 0 aromatic carbocycles. The van der Waals surface area contributed by atoms with Crippen LogP contribution in [0, 0.1) is 0 Å². The summed E-state index contributed by atoms with van der Waals surface area (Å²) in [5, 5.41) is 0. The van der Waals surface area contributed by atoms with E-state index in [2.05, 4.69) is 4.98 Å². The van der Waals surface area contributed by atoms with Crippen LogP contribution >= 0.6 is 0 Å². The molecule has 0 fully saturated rings. The molecule has 1 aromatic rings. The number of nitrogens with one attached hydrogen (secondary N) is 1. The number of anilines is 1. The van der Waals surface area contributed by atoms with Crippen LogP contribution in [0.2, 0.25) is 0 Å². The van der Waals surface area contributed by atoms with Crippen molar-refractivity contribution in [2.45, 2.75) is 6.43 Å². The molecule has 0 saturated carbocycles. The van der Waals surface area contributed by atoms with Gasteiger partial charge in [-0.05, 0) is 0 Å². The standard InChI is InChI=1S/C7H7F2N3O2/c8-5(9)2-1-12-6(10)3(4(2)13)7(11)14/h1,5H,(H2,11,14)(H3,10,12,13). The first kappa shape index (κ1) is 10.2. The van der Waals surface area contributed by atoms with Crippen molar-refractivity contribution in [2.24, 2.45) is 5.73 Å². The molecule has 5 nitrogen and oxygen atoms in total. The van der Waals surface area contributed by atoms with E-state index in [0.717, 1.165) is 6.20 Å². The van der Waals surface area contributed by atoms with Crippen LogP contribution in [-0.2, 0) is 0 Å². The van der Waals surface area contributed by atoms with Gasteiger partial charge in [-0.2, -0.15) is 0 Å². The molecule has 1 rings (SSSR count). The third-order valence-electron chi connectivity index (χ3n) is 1.62. The van der Waals surface area contributed by atoms with Gasteiger partial charge in [0.25, 0.3) is 12.3 Å². The van der Waals surface area contributed by atoms with Crippen molar-refractivity contribution in [2.75, 3.05) is 5.73 Å². The summed E-state index contributed by atoms with van der Waals surface area (Å²) < 4.78 is 24.4. The smallest absolute Gasteiger partial charge is 0.269 e. The average molecular weight is 203 g/mol. The third kappa shape index (κ3) is 1.56. The van der Waals surface area contributed by atoms with Gasteiger partial charge >= 0.3 is 0 Å². The normalized spacial score (nSPS) is 10.5. The number of rotatable bonds is 2. The highest BCUT2D eigenvalue weighted by molar-refractivity contribution is 5.97. The molecule has 0 bridgehead atoms. The summed E-state index contributed by atoms with van der Waals surface area (Å²) in [5.74, 6) is -1.45. The fourth-order valence-corrected chi connectivity index (χ4v) is 0.967. The molecule has 0 atom stereocenters. The molecule has 0 unspecified atom stereocenters. The van der Waals surface area contributed by atoms with Crippen LogP contribution in [0.15, 0.2) is 11.0 Å². The quantitative estimate of drug-likeness (QED) is 0.630. The van der Waals surface area contributed by atoms with E-state index < -0.39 is 28.9 Å². The number of carbonyl (C=O) groups excluding carboxylic acids is 1. The van der Waals surface area contributed by atoms with E-state index in [9.17, 15) is 18.4 Å². The number of aromatic nitrogens is 1. The molecule has 0 spiro atoms. The fraction of sp³-hybridized carbons (Fsp3) is 0.143. The van der Waals surface area contributed by atoms with Crippen molar-refractivity contribution in [1.82, 2.24) is 4.98 Å². The van der Waals surface area contributed by atoms with Crippen molar-refractivity contribution in [1.29, 1.82) is 0 Å². The molecule has 0 saturated heterocycles. The van der Waals surface area contributed by atoms with Gasteiger partial charge in [-0.1, -0.05) is 0 Å². The number of aromatic amines is 1. The summed E-state index contributed by atoms with van der Waals surface area (Å²) in [5.41, 5.74) is 7.39. The second-order valence-corrected chi connectivity index (χ2v) is 2.53. The van der Waals surface area contributed by atoms with E-state index in [1.54, 1.807) is 0 Å². The predicted molar refractivity (Wildman–Crippen MR) is 44.9 cm³/mol. The summed E-state index contributed by atoms with van der Waals surface area (Å²) in [6.45, 7) is 0. The lowest BCUT2D eigenvalue weighted by molar-refractivity contribution is 0.0999. The number of nitrogens with two attached hydrogens (primary N) is 2. The molecule has 0 aliphatic heterocycles. The SMILES string of the molecule is NC(=O)c1c(N)[nH]cc(C(F)F)c1=O. The number of hydrogen-bond donors (Lipinski definition) is 3. The second kappa shape index (κ2) is 3.44. The number of alkyl halides is 2. The number of hydrogen-bond acceptors (Lipinski definition) is 3. The molecule has 7 heteroatoms. The second-order valence-electron chi connectivity index (χ2n) is 2.53. The zero-order valence-electron chi connectivity index (χ0n) is 6.88. The lowest BCUT2D eigenvalue weighted by Gasteiger charge is -2.03. The number of nitrogen functional groups attached to an aromatic ring is 1. The van der Waals surface area contributed by atoms with E-state index in [0.29, 0.717) is 0 Å². The Bertz CT molecular complexity index is 427. The fourth-order valence-electron chi connectivity index (χ4n) is 0.967. The first-order chi connectivity index (χ1) is 6.45. The molecule has 0 aliphatic rings. The van der Waals surface area contributed by atoms with Crippen LogP contribution in [0.4, 0.5) is 14.6 Å². The highest BCUT2D eigenvalue weighted by Crippen LogP contribution is 2.15. The Morgan fingerprint density at radius 3 is 2.50 bits per heavy atom. The Morgan fingerprint density at radius 2 is 2.07 bits per heavy atom. The van der Waals surface area contributed by atoms with Crippen LogP contribution in [0.5, 0.6) is 0 Å². The Labute approximate surface area is 76.7 Å². The lowest BCUT2D eigenvalue weighted by atomic mass is 10.1. The Morgan fingerprint density at radius 1 is 1.50 bits per heavy atom. The van der Waals surface area contributed by atoms with Gasteiger partial charge in [0.15, 0.2) is 0 Å². The van der Waals surface area contributed by atoms with Gasteiger partial charge in [0.1, 0.15) is 11.4 Å². The molecule has 1 heterocycles. The van der Waals surface area contributed by atoms with Crippen molar-refractivity contribution in [3.8, 4) is 0 Å². The molecule has 0 aliphatic carbocycles. The molecule has 14 heavy (non-hydrogen) atoms. The number of pyridine rings is 1. The highest BCUT2D eigenvalue weighted by Gasteiger charge is 2.19. The van der Waals surface area contributed by atoms with Crippen molar-refractivity contribution in [3.63, 3.8) is 0 Å². The Balaban J connectivity index is 3.50. The van der Waals surface area contributed by atoms with Gasteiger partial charge in [0.05, 0.1) is 5.56 Å². The summed E-state index contributed by atoms with van der Waals surface area (Å²) in [6.07, 6.45) is -2.22. The Hall–Kier alpha value is -1.92. The minimum absolute atomic E-state index is 0.313. The molecular formula is C7H7F2N3O2. The number of carbonyl (C=O) groups is 1. The maximum Gasteiger partial charge on any atom is 0.269 e. The number of halogens is 2. The third-order valence-corrected chi connectivity index (χ3v) is 1.62. The minimum atomic E-state index is -2.97. The summed E-state index contributed by atoms with van der Waals surface area (Å²) >= 11 is 0. The lowest BCUT2D eigenvalue weighted by Crippen LogP contribution is -2.26. The van der Waals surface area contributed by atoms with Gasteiger partial charge in [-0.15, -0.1) is 0 Å². The summed E-state index contributed by atoms with van der Waals surface area (Å²) in [7, 11) is 0. The van der Waals surface area contributed by atoms with Crippen LogP contribution < -0.4 is 16.9 Å². The van der Waals surface area contributed by atoms with Crippen LogP contribution in [0.1, 0.15) is 22.3 Å². The molecule has 5 N–H and O–H groups in total. The van der Waals surface area contributed by atoms with Gasteiger partial charge in [-0.3, -0.25) is 9.59 Å². The van der Waals surface area contributed by atoms with E-state index in [4.69, 9.17) is 11.5 Å². The van der Waals surface area contributed by atoms with Crippen molar-refractivity contribution >= 4 is 11.7 Å². The number of primary amides is 1. The van der Waals surface area contributed by atoms with Crippen LogP contribution in [0.3, 0.4) is 0 Å². The monoisotopic (exact) mass is 203 g/mol. The van der Waals surface area contributed by atoms with Gasteiger partial charge in [0, 0.05) is 6.20 Å². The first-order valence-electron chi connectivity index (χ1n) is 3.54. The van der Waals surface area contributed by atoms with E-state index in [-0.39, 0.29) is 5.82 Å². The molecule has 0 radical (unpaired) electrons. The summed E-state index contributed by atoms with van der Waals surface area (Å²) in [4.78, 5) is 24.1. The molecular weight excluding hydrogens is 196 g/mol. The maximum atomic E-state index is 12.2. The largest absolute Gasteiger partial charge is 0.384 e. The first-order valence-corrected chi connectivity index (χ1v) is 3.54. The topological polar surface area (TPSA) is 102 Å². The molecule has 76 valence electrons. The van der Waals surface area contributed by atoms with E-state index in [1.807, 2.05) is 0 Å². The van der Waals surface area contributed by atoms with Crippen molar-refractivity contribution in [3.05, 3.63) is 27.5 Å². The zero-order valence-corrected chi connectivity index (χ0v) is 6.88. The summed E-state index contributed by atoms with van der Waals surface area (Å²) in [6, 6.07) is 0. The van der Waals surface area contributed by atoms with Crippen molar-refractivity contribution < 1.29 is 13.6 Å². The zero-order chi connectivity index (χ0) is 10.9. The maximum absolute atomic E-state index is 12.2. The molecule has 1 amide bonds. The minimum Gasteiger partial charge on any atom is -0.384 e. The highest BCUT2D eigenvalue weighted by atomic mass is 19.3. The number of amides is 1. The molecule has 1 aromatic heterocycles. The van der Waals surface area contributed by atoms with Crippen LogP contribution in [-0.4, -0.2) is 10.9 Å². The van der Waals surface area contributed by atoms with E-state index >= 15 is 0 Å². The average Bonchev–Trinajstić information content (AvgIpc) is 2.02. The van der Waals surface area contributed by atoms with Gasteiger partial charge < -0.3 is 16.5 Å². The van der Waals surface area contributed by atoms with E-state index in [1.165, 1.54) is 0 Å². The van der Waals surface area contributed by atoms with Gasteiger partial charge in [0.2, 0.25) is 5.43 Å². The predicted octanol–water partition coefficient (Wildman–Crippen LogP) is -0.00640.